The fraction of sp³-hybridized carbons (Fsp3) is 0.750. The zero-order valence-electron chi connectivity index (χ0n) is 10.9. The Bertz CT molecular complexity index is 381. The molecule has 2 aliphatic heterocycles. The van der Waals surface area contributed by atoms with E-state index in [2.05, 4.69) is 5.32 Å². The number of carbonyl (C=O) groups is 1. The first-order chi connectivity index (χ1) is 8.50. The standard InChI is InChI=1S/C12H19NO5/c1-4-17-10(14)9-7(2)13-12(15)5-8(9)11(16-3)18-6-12/h8,11,13,15H,4-6H2,1-3H3/t8-,11-,12+/m0/s1. The molecule has 2 heterocycles. The first kappa shape index (κ1) is 13.3. The molecule has 0 aromatic rings. The summed E-state index contributed by atoms with van der Waals surface area (Å²) in [5, 5.41) is 13.1. The topological polar surface area (TPSA) is 77.0 Å². The van der Waals surface area contributed by atoms with Crippen molar-refractivity contribution in [2.45, 2.75) is 32.3 Å². The van der Waals surface area contributed by atoms with E-state index in [1.54, 1.807) is 13.8 Å². The smallest absolute Gasteiger partial charge is 0.336 e. The third-order valence-corrected chi connectivity index (χ3v) is 3.30. The normalized spacial score (nSPS) is 35.1. The summed E-state index contributed by atoms with van der Waals surface area (Å²) in [6.45, 7) is 3.95. The van der Waals surface area contributed by atoms with Crippen LogP contribution in [0.3, 0.4) is 0 Å². The SMILES string of the molecule is CCOC(=O)C1=C(C)N[C@]2(O)CO[C@H](OC)[C@H]1C2. The molecule has 18 heavy (non-hydrogen) atoms. The van der Waals surface area contributed by atoms with Crippen LogP contribution in [0.5, 0.6) is 0 Å². The predicted molar refractivity (Wildman–Crippen MR) is 62.3 cm³/mol. The van der Waals surface area contributed by atoms with E-state index >= 15 is 0 Å². The van der Waals surface area contributed by atoms with E-state index in [9.17, 15) is 9.90 Å². The molecule has 0 radical (unpaired) electrons. The summed E-state index contributed by atoms with van der Waals surface area (Å²) in [4.78, 5) is 12.0. The molecule has 0 saturated carbocycles. The first-order valence-electron chi connectivity index (χ1n) is 6.03. The summed E-state index contributed by atoms with van der Waals surface area (Å²) in [5.74, 6) is -0.698. The summed E-state index contributed by atoms with van der Waals surface area (Å²) in [6, 6.07) is 0. The molecule has 102 valence electrons. The van der Waals surface area contributed by atoms with Gasteiger partial charge in [-0.3, -0.25) is 0 Å². The van der Waals surface area contributed by atoms with Gasteiger partial charge in [0.05, 0.1) is 18.8 Å². The van der Waals surface area contributed by atoms with E-state index in [0.717, 1.165) is 0 Å². The third-order valence-electron chi connectivity index (χ3n) is 3.30. The highest BCUT2D eigenvalue weighted by molar-refractivity contribution is 5.90. The highest BCUT2D eigenvalue weighted by Gasteiger charge is 2.48. The van der Waals surface area contributed by atoms with E-state index in [4.69, 9.17) is 14.2 Å². The zero-order valence-corrected chi connectivity index (χ0v) is 10.9. The zero-order chi connectivity index (χ0) is 13.3. The molecule has 0 spiro atoms. The molecule has 6 heteroatoms. The van der Waals surface area contributed by atoms with Gasteiger partial charge in [-0.1, -0.05) is 0 Å². The maximum absolute atomic E-state index is 12.0. The van der Waals surface area contributed by atoms with E-state index in [1.807, 2.05) is 0 Å². The van der Waals surface area contributed by atoms with Crippen LogP contribution in [0.15, 0.2) is 11.3 Å². The fourth-order valence-electron chi connectivity index (χ4n) is 2.62. The van der Waals surface area contributed by atoms with Crippen LogP contribution >= 0.6 is 0 Å². The molecular formula is C12H19NO5. The van der Waals surface area contributed by atoms with Gasteiger partial charge in [-0.2, -0.15) is 0 Å². The minimum absolute atomic E-state index is 0.134. The van der Waals surface area contributed by atoms with Crippen molar-refractivity contribution in [3.05, 3.63) is 11.3 Å². The maximum atomic E-state index is 12.0. The van der Waals surface area contributed by atoms with Gasteiger partial charge in [0.2, 0.25) is 0 Å². The van der Waals surface area contributed by atoms with Crippen molar-refractivity contribution in [3.63, 3.8) is 0 Å². The number of allylic oxidation sites excluding steroid dienone is 1. The lowest BCUT2D eigenvalue weighted by Gasteiger charge is -2.46. The van der Waals surface area contributed by atoms with E-state index in [-0.39, 0.29) is 18.5 Å². The second-order valence-electron chi connectivity index (χ2n) is 4.64. The Hall–Kier alpha value is -1.11. The van der Waals surface area contributed by atoms with Crippen LogP contribution < -0.4 is 5.32 Å². The highest BCUT2D eigenvalue weighted by Crippen LogP contribution is 2.38. The largest absolute Gasteiger partial charge is 0.463 e. The van der Waals surface area contributed by atoms with Crippen molar-refractivity contribution in [2.75, 3.05) is 20.3 Å². The summed E-state index contributed by atoms with van der Waals surface area (Å²) < 4.78 is 15.7. The molecule has 0 aromatic heterocycles. The second-order valence-corrected chi connectivity index (χ2v) is 4.64. The van der Waals surface area contributed by atoms with Crippen LogP contribution in [-0.2, 0) is 19.0 Å². The molecule has 6 nitrogen and oxygen atoms in total. The van der Waals surface area contributed by atoms with Crippen molar-refractivity contribution < 1.29 is 24.1 Å². The van der Waals surface area contributed by atoms with Crippen molar-refractivity contribution in [3.8, 4) is 0 Å². The van der Waals surface area contributed by atoms with Crippen molar-refractivity contribution in [2.24, 2.45) is 5.92 Å². The van der Waals surface area contributed by atoms with Gasteiger partial charge in [0.15, 0.2) is 12.0 Å². The minimum atomic E-state index is -1.13. The number of nitrogens with one attached hydrogen (secondary N) is 1. The van der Waals surface area contributed by atoms with Crippen LogP contribution in [0, 0.1) is 5.92 Å². The van der Waals surface area contributed by atoms with Gasteiger partial charge in [0.1, 0.15) is 0 Å². The number of rotatable bonds is 3. The van der Waals surface area contributed by atoms with Gasteiger partial charge in [0, 0.05) is 25.1 Å². The summed E-state index contributed by atoms with van der Waals surface area (Å²) in [6.07, 6.45) is -0.154. The summed E-state index contributed by atoms with van der Waals surface area (Å²) >= 11 is 0. The summed E-state index contributed by atoms with van der Waals surface area (Å²) in [5.41, 5.74) is -0.00890. The molecule has 2 rings (SSSR count). The summed E-state index contributed by atoms with van der Waals surface area (Å²) in [7, 11) is 1.52. The highest BCUT2D eigenvalue weighted by atomic mass is 16.7. The van der Waals surface area contributed by atoms with Crippen molar-refractivity contribution in [1.29, 1.82) is 0 Å². The molecule has 0 aromatic carbocycles. The third kappa shape index (κ3) is 2.23. The van der Waals surface area contributed by atoms with Crippen molar-refractivity contribution in [1.82, 2.24) is 5.32 Å². The molecule has 1 saturated heterocycles. The molecule has 2 bridgehead atoms. The average Bonchev–Trinajstić information content (AvgIpc) is 2.28. The number of fused-ring (bicyclic) bond motifs is 2. The molecular weight excluding hydrogens is 238 g/mol. The number of methoxy groups -OCH3 is 1. The minimum Gasteiger partial charge on any atom is -0.463 e. The predicted octanol–water partition coefficient (Wildman–Crippen LogP) is 0.124. The molecule has 0 amide bonds. The quantitative estimate of drug-likeness (QED) is 0.700. The van der Waals surface area contributed by atoms with Crippen molar-refractivity contribution >= 4 is 5.97 Å². The average molecular weight is 257 g/mol. The Balaban J connectivity index is 2.33. The molecule has 2 aliphatic rings. The fourth-order valence-corrected chi connectivity index (χ4v) is 2.62. The molecule has 3 atom stereocenters. The molecule has 2 N–H and O–H groups in total. The Morgan fingerprint density at radius 1 is 1.67 bits per heavy atom. The number of esters is 1. The Morgan fingerprint density at radius 3 is 3.00 bits per heavy atom. The van der Waals surface area contributed by atoms with Gasteiger partial charge in [0.25, 0.3) is 0 Å². The van der Waals surface area contributed by atoms with E-state index in [0.29, 0.717) is 24.3 Å². The van der Waals surface area contributed by atoms with Gasteiger partial charge >= 0.3 is 5.97 Å². The van der Waals surface area contributed by atoms with Gasteiger partial charge in [-0.15, -0.1) is 0 Å². The Kier molecular flexibility index (Phi) is 3.61. The van der Waals surface area contributed by atoms with Crippen LogP contribution in [0.2, 0.25) is 0 Å². The number of hydrogen-bond acceptors (Lipinski definition) is 6. The molecule has 0 unspecified atom stereocenters. The Morgan fingerprint density at radius 2 is 2.39 bits per heavy atom. The first-order valence-corrected chi connectivity index (χ1v) is 6.03. The van der Waals surface area contributed by atoms with Crippen LogP contribution in [0.4, 0.5) is 0 Å². The maximum Gasteiger partial charge on any atom is 0.336 e. The van der Waals surface area contributed by atoms with Crippen LogP contribution in [0.1, 0.15) is 20.3 Å². The van der Waals surface area contributed by atoms with E-state index in [1.165, 1.54) is 7.11 Å². The molecule has 0 aliphatic carbocycles. The number of aliphatic hydroxyl groups is 1. The molecule has 1 fully saturated rings. The lowest BCUT2D eigenvalue weighted by atomic mass is 9.82. The van der Waals surface area contributed by atoms with Gasteiger partial charge < -0.3 is 24.6 Å². The number of hydrogen-bond donors (Lipinski definition) is 2. The number of carbonyl (C=O) groups excluding carboxylic acids is 1. The Labute approximate surface area is 106 Å². The van der Waals surface area contributed by atoms with E-state index < -0.39 is 12.0 Å². The lowest BCUT2D eigenvalue weighted by Crippen LogP contribution is -2.60. The lowest BCUT2D eigenvalue weighted by molar-refractivity contribution is -0.236. The number of ether oxygens (including phenoxy) is 3. The van der Waals surface area contributed by atoms with Gasteiger partial charge in [-0.05, 0) is 13.8 Å². The van der Waals surface area contributed by atoms with Gasteiger partial charge in [-0.25, -0.2) is 4.79 Å². The van der Waals surface area contributed by atoms with Crippen LogP contribution in [0.25, 0.3) is 0 Å². The monoisotopic (exact) mass is 257 g/mol. The van der Waals surface area contributed by atoms with Crippen LogP contribution in [-0.4, -0.2) is 43.4 Å². The second kappa shape index (κ2) is 4.87.